The second kappa shape index (κ2) is 5.68. The Balaban J connectivity index is 1.67. The summed E-state index contributed by atoms with van der Waals surface area (Å²) in [6.45, 7) is 4.29. The number of nitrogens with two attached hydrogens (primary N) is 1. The van der Waals surface area contributed by atoms with E-state index in [2.05, 4.69) is 25.1 Å². The lowest BCUT2D eigenvalue weighted by Gasteiger charge is -2.08. The largest absolute Gasteiger partial charge is 0.361 e. The molecule has 25 heavy (non-hydrogen) atoms. The lowest BCUT2D eigenvalue weighted by atomic mass is 10.0. The fraction of sp³-hybridized carbons (Fsp3) is 0.526. The second-order valence-electron chi connectivity index (χ2n) is 8.00. The van der Waals surface area contributed by atoms with Crippen LogP contribution in [-0.2, 0) is 10.0 Å². The van der Waals surface area contributed by atoms with E-state index in [1.807, 2.05) is 12.1 Å². The summed E-state index contributed by atoms with van der Waals surface area (Å²) < 4.78 is 29.6. The van der Waals surface area contributed by atoms with Gasteiger partial charge in [0.1, 0.15) is 5.76 Å². The van der Waals surface area contributed by atoms with Crippen molar-refractivity contribution in [1.29, 1.82) is 0 Å². The molecular formula is C19H24N2O3S. The molecule has 2 unspecified atom stereocenters. The van der Waals surface area contributed by atoms with Gasteiger partial charge in [0.05, 0.1) is 10.6 Å². The molecule has 2 N–H and O–H groups in total. The third-order valence-electron chi connectivity index (χ3n) is 6.01. The van der Waals surface area contributed by atoms with Crippen molar-refractivity contribution in [2.24, 2.45) is 10.6 Å². The highest BCUT2D eigenvalue weighted by Gasteiger charge is 2.61. The summed E-state index contributed by atoms with van der Waals surface area (Å²) >= 11 is 0. The van der Waals surface area contributed by atoms with Crippen molar-refractivity contribution in [3.8, 4) is 0 Å². The van der Waals surface area contributed by atoms with Crippen LogP contribution >= 0.6 is 0 Å². The van der Waals surface area contributed by atoms with Crippen molar-refractivity contribution < 1.29 is 12.9 Å². The molecule has 2 saturated carbocycles. The first-order valence-electron chi connectivity index (χ1n) is 8.88. The van der Waals surface area contributed by atoms with Crippen LogP contribution in [-0.4, -0.2) is 13.6 Å². The molecule has 1 heterocycles. The molecule has 2 atom stereocenters. The number of aromatic nitrogens is 1. The smallest absolute Gasteiger partial charge is 0.238 e. The maximum absolute atomic E-state index is 12.0. The summed E-state index contributed by atoms with van der Waals surface area (Å²) in [6.07, 6.45) is 4.83. The van der Waals surface area contributed by atoms with Crippen molar-refractivity contribution >= 4 is 10.0 Å². The quantitative estimate of drug-likeness (QED) is 0.896. The highest BCUT2D eigenvalue weighted by Crippen LogP contribution is 2.70. The fourth-order valence-corrected chi connectivity index (χ4v) is 5.41. The first-order valence-corrected chi connectivity index (χ1v) is 10.4. The van der Waals surface area contributed by atoms with E-state index in [1.54, 1.807) is 12.1 Å². The molecule has 0 spiro atoms. The van der Waals surface area contributed by atoms with Crippen LogP contribution in [0.3, 0.4) is 0 Å². The van der Waals surface area contributed by atoms with Crippen molar-refractivity contribution in [1.82, 2.24) is 5.16 Å². The molecule has 2 aliphatic rings. The highest BCUT2D eigenvalue weighted by molar-refractivity contribution is 7.89. The maximum atomic E-state index is 12.0. The molecule has 0 radical (unpaired) electrons. The van der Waals surface area contributed by atoms with Gasteiger partial charge in [0.15, 0.2) is 0 Å². The minimum absolute atomic E-state index is 0.0727. The summed E-state index contributed by atoms with van der Waals surface area (Å²) in [5, 5.41) is 9.75. The third-order valence-corrected chi connectivity index (χ3v) is 7.00. The minimum Gasteiger partial charge on any atom is -0.361 e. The van der Waals surface area contributed by atoms with Crippen LogP contribution < -0.4 is 5.14 Å². The maximum Gasteiger partial charge on any atom is 0.238 e. The van der Waals surface area contributed by atoms with Crippen molar-refractivity contribution in [2.75, 3.05) is 0 Å². The summed E-state index contributed by atoms with van der Waals surface area (Å²) in [7, 11) is -3.75. The van der Waals surface area contributed by atoms with Crippen LogP contribution in [0.1, 0.15) is 74.3 Å². The third kappa shape index (κ3) is 2.81. The predicted octanol–water partition coefficient (Wildman–Crippen LogP) is 3.89. The molecular weight excluding hydrogens is 336 g/mol. The van der Waals surface area contributed by atoms with E-state index >= 15 is 0 Å². The number of rotatable bonds is 4. The number of benzene rings is 1. The normalized spacial score (nSPS) is 26.0. The summed E-state index contributed by atoms with van der Waals surface area (Å²) in [5.74, 6) is 1.69. The monoisotopic (exact) mass is 360 g/mol. The lowest BCUT2D eigenvalue weighted by Crippen LogP contribution is -2.14. The van der Waals surface area contributed by atoms with E-state index in [0.29, 0.717) is 5.92 Å². The van der Waals surface area contributed by atoms with Crippen LogP contribution in [0.4, 0.5) is 0 Å². The molecule has 0 aliphatic heterocycles. The van der Waals surface area contributed by atoms with Crippen molar-refractivity contribution in [3.63, 3.8) is 0 Å². The van der Waals surface area contributed by atoms with Crippen molar-refractivity contribution in [3.05, 3.63) is 47.3 Å². The highest BCUT2D eigenvalue weighted by atomic mass is 32.2. The summed E-state index contributed by atoms with van der Waals surface area (Å²) in [5.41, 5.74) is 1.64. The zero-order chi connectivity index (χ0) is 17.8. The van der Waals surface area contributed by atoms with Gasteiger partial charge in [-0.2, -0.15) is 0 Å². The summed E-state index contributed by atoms with van der Waals surface area (Å²) in [6, 6.07) is 9.11. The molecule has 1 aromatic carbocycles. The number of hydrogen-bond acceptors (Lipinski definition) is 4. The number of primary sulfonamides is 1. The standard InChI is InChI=1S/C19H24N2O3S/c1-19(2)17(13-9-5-6-10-16(13)25(20,22)23)18(19)14-11-15(24-21-14)12-7-3-4-8-12/h5-6,9-12,17-18H,3-4,7-8H2,1-2H3,(H2,20,22,23). The van der Waals surface area contributed by atoms with Crippen LogP contribution in [0.5, 0.6) is 0 Å². The van der Waals surface area contributed by atoms with E-state index in [-0.39, 0.29) is 22.1 Å². The van der Waals surface area contributed by atoms with Crippen LogP contribution in [0.15, 0.2) is 39.8 Å². The number of nitrogens with zero attached hydrogens (tertiary/aromatic N) is 1. The number of hydrogen-bond donors (Lipinski definition) is 1. The first-order chi connectivity index (χ1) is 11.8. The van der Waals surface area contributed by atoms with Gasteiger partial charge in [0, 0.05) is 23.8 Å². The van der Waals surface area contributed by atoms with Gasteiger partial charge in [-0.15, -0.1) is 0 Å². The van der Waals surface area contributed by atoms with Crippen LogP contribution in [0.2, 0.25) is 0 Å². The van der Waals surface area contributed by atoms with Gasteiger partial charge in [-0.05, 0) is 29.9 Å². The Morgan fingerprint density at radius 3 is 2.52 bits per heavy atom. The Kier molecular flexibility index (Phi) is 3.81. The molecule has 2 aliphatic carbocycles. The first kappa shape index (κ1) is 16.8. The van der Waals surface area contributed by atoms with E-state index in [0.717, 1.165) is 17.0 Å². The Hall–Kier alpha value is -1.66. The Morgan fingerprint density at radius 2 is 1.84 bits per heavy atom. The van der Waals surface area contributed by atoms with Crippen LogP contribution in [0.25, 0.3) is 0 Å². The minimum atomic E-state index is -3.75. The van der Waals surface area contributed by atoms with Gasteiger partial charge in [-0.1, -0.05) is 50.0 Å². The Labute approximate surface area is 148 Å². The molecule has 4 rings (SSSR count). The predicted molar refractivity (Wildman–Crippen MR) is 94.8 cm³/mol. The zero-order valence-corrected chi connectivity index (χ0v) is 15.4. The molecule has 1 aromatic heterocycles. The van der Waals surface area contributed by atoms with Crippen molar-refractivity contribution in [2.45, 2.75) is 62.2 Å². The second-order valence-corrected chi connectivity index (χ2v) is 9.52. The molecule has 0 amide bonds. The Morgan fingerprint density at radius 1 is 1.16 bits per heavy atom. The molecule has 6 heteroatoms. The molecule has 2 fully saturated rings. The van der Waals surface area contributed by atoms with Gasteiger partial charge in [-0.25, -0.2) is 13.6 Å². The van der Waals surface area contributed by atoms with Gasteiger partial charge in [0.25, 0.3) is 0 Å². The van der Waals surface area contributed by atoms with E-state index in [9.17, 15) is 8.42 Å². The van der Waals surface area contributed by atoms with E-state index < -0.39 is 10.0 Å². The van der Waals surface area contributed by atoms with Gasteiger partial charge >= 0.3 is 0 Å². The van der Waals surface area contributed by atoms with Gasteiger partial charge in [-0.3, -0.25) is 0 Å². The Bertz CT molecular complexity index is 895. The average Bonchev–Trinajstić information content (AvgIpc) is 3.03. The lowest BCUT2D eigenvalue weighted by molar-refractivity contribution is 0.354. The van der Waals surface area contributed by atoms with Gasteiger partial charge < -0.3 is 4.52 Å². The van der Waals surface area contributed by atoms with Gasteiger partial charge in [0.2, 0.25) is 10.0 Å². The van der Waals surface area contributed by atoms with Crippen LogP contribution in [0, 0.1) is 5.41 Å². The summed E-state index contributed by atoms with van der Waals surface area (Å²) in [4.78, 5) is 0.218. The molecule has 2 aromatic rings. The number of sulfonamides is 1. The molecule has 0 saturated heterocycles. The zero-order valence-electron chi connectivity index (χ0n) is 14.6. The van der Waals surface area contributed by atoms with E-state index in [4.69, 9.17) is 9.66 Å². The SMILES string of the molecule is CC1(C)C(c2cc(C3CCCC3)on2)C1c1ccccc1S(N)(=O)=O. The molecule has 0 bridgehead atoms. The fourth-order valence-electron chi connectivity index (χ4n) is 4.62. The molecule has 134 valence electrons. The average molecular weight is 360 g/mol. The van der Waals surface area contributed by atoms with E-state index in [1.165, 1.54) is 25.7 Å². The topological polar surface area (TPSA) is 86.2 Å². The molecule has 5 nitrogen and oxygen atoms in total.